The molecule has 3 aromatic carbocycles. The maximum absolute atomic E-state index is 13.0. The number of hydrogen-bond acceptors (Lipinski definition) is 5. The molecule has 1 aliphatic rings. The Balaban J connectivity index is 1.35. The average Bonchev–Trinajstić information content (AvgIpc) is 3.39. The molecular weight excluding hydrogens is 458 g/mol. The zero-order chi connectivity index (χ0) is 22.9. The van der Waals surface area contributed by atoms with Crippen molar-refractivity contribution in [2.24, 2.45) is 0 Å². The second-order valence-corrected chi connectivity index (χ2v) is 8.69. The Morgan fingerprint density at radius 3 is 2.24 bits per heavy atom. The minimum absolute atomic E-state index is 0.00380. The number of carbonyl (C=O) groups excluding carboxylic acids is 3. The fourth-order valence-corrected chi connectivity index (χ4v) is 4.52. The minimum atomic E-state index is -0.363. The van der Waals surface area contributed by atoms with Gasteiger partial charge in [0.1, 0.15) is 0 Å². The van der Waals surface area contributed by atoms with Crippen LogP contribution < -0.4 is 5.32 Å². The highest BCUT2D eigenvalue weighted by Gasteiger charge is 2.35. The highest BCUT2D eigenvalue weighted by atomic mass is 35.5. The molecule has 0 fully saturated rings. The first-order chi connectivity index (χ1) is 16.0. The summed E-state index contributed by atoms with van der Waals surface area (Å²) in [5.74, 6) is -1.09. The maximum Gasteiger partial charge on any atom is 0.261 e. The van der Waals surface area contributed by atoms with Gasteiger partial charge in [0.2, 0.25) is 0 Å². The number of carbonyl (C=O) groups is 3. The first kappa shape index (κ1) is 21.1. The van der Waals surface area contributed by atoms with Crippen LogP contribution in [0.2, 0.25) is 5.02 Å². The van der Waals surface area contributed by atoms with Gasteiger partial charge in [0.15, 0.2) is 5.13 Å². The standard InChI is InChI=1S/C25H16ClN3O3S/c26-17-11-9-15(10-12-17)21-14-33-25(27-21)28-22(30)18-6-2-1-5-16(18)13-29-23(31)19-7-3-4-8-20(19)24(29)32/h1-12,14H,13H2,(H,27,28,30). The molecule has 0 radical (unpaired) electrons. The molecule has 162 valence electrons. The van der Waals surface area contributed by atoms with Gasteiger partial charge >= 0.3 is 0 Å². The molecule has 2 heterocycles. The molecule has 33 heavy (non-hydrogen) atoms. The molecule has 5 rings (SSSR count). The quantitative estimate of drug-likeness (QED) is 0.387. The van der Waals surface area contributed by atoms with Crippen molar-refractivity contribution >= 4 is 45.8 Å². The summed E-state index contributed by atoms with van der Waals surface area (Å²) in [4.78, 5) is 44.1. The maximum atomic E-state index is 13.0. The third-order valence-electron chi connectivity index (χ3n) is 5.33. The van der Waals surface area contributed by atoms with Gasteiger partial charge in [0.05, 0.1) is 23.4 Å². The number of anilines is 1. The molecule has 8 heteroatoms. The monoisotopic (exact) mass is 473 g/mol. The number of rotatable bonds is 5. The van der Waals surface area contributed by atoms with Crippen LogP contribution in [-0.4, -0.2) is 27.6 Å². The van der Waals surface area contributed by atoms with E-state index >= 15 is 0 Å². The molecule has 0 bridgehead atoms. The molecule has 0 unspecified atom stereocenters. The van der Waals surface area contributed by atoms with Gasteiger partial charge < -0.3 is 0 Å². The average molecular weight is 474 g/mol. The second kappa shape index (κ2) is 8.61. The number of benzene rings is 3. The Morgan fingerprint density at radius 2 is 1.55 bits per heavy atom. The molecule has 1 N–H and O–H groups in total. The first-order valence-electron chi connectivity index (χ1n) is 10.1. The van der Waals surface area contributed by atoms with Crippen molar-refractivity contribution in [2.75, 3.05) is 5.32 Å². The third kappa shape index (κ3) is 4.04. The molecule has 0 spiro atoms. The van der Waals surface area contributed by atoms with Crippen LogP contribution >= 0.6 is 22.9 Å². The first-order valence-corrected chi connectivity index (χ1v) is 11.3. The van der Waals surface area contributed by atoms with Gasteiger partial charge in [0, 0.05) is 21.5 Å². The molecule has 1 aromatic heterocycles. The lowest BCUT2D eigenvalue weighted by molar-refractivity contribution is 0.0640. The number of aromatic nitrogens is 1. The van der Waals surface area contributed by atoms with E-state index in [0.29, 0.717) is 32.4 Å². The van der Waals surface area contributed by atoms with E-state index in [0.717, 1.165) is 11.3 Å². The lowest BCUT2D eigenvalue weighted by atomic mass is 10.1. The predicted molar refractivity (Wildman–Crippen MR) is 128 cm³/mol. The number of thiazole rings is 1. The van der Waals surface area contributed by atoms with Gasteiger partial charge in [-0.1, -0.05) is 54.1 Å². The van der Waals surface area contributed by atoms with E-state index in [9.17, 15) is 14.4 Å². The van der Waals surface area contributed by atoms with Gasteiger partial charge in [-0.15, -0.1) is 11.3 Å². The number of halogens is 1. The number of nitrogens with one attached hydrogen (secondary N) is 1. The molecular formula is C25H16ClN3O3S. The molecule has 0 saturated heterocycles. The van der Waals surface area contributed by atoms with Gasteiger partial charge in [0.25, 0.3) is 17.7 Å². The van der Waals surface area contributed by atoms with Crippen molar-refractivity contribution in [3.8, 4) is 11.3 Å². The van der Waals surface area contributed by atoms with E-state index < -0.39 is 0 Å². The van der Waals surface area contributed by atoms with Gasteiger partial charge in [-0.25, -0.2) is 4.98 Å². The number of amides is 3. The van der Waals surface area contributed by atoms with E-state index in [4.69, 9.17) is 11.6 Å². The van der Waals surface area contributed by atoms with E-state index in [1.54, 1.807) is 60.7 Å². The molecule has 1 aliphatic heterocycles. The van der Waals surface area contributed by atoms with Crippen LogP contribution in [0.1, 0.15) is 36.6 Å². The van der Waals surface area contributed by atoms with Gasteiger partial charge in [-0.05, 0) is 35.9 Å². The van der Waals surface area contributed by atoms with Crippen LogP contribution in [0.5, 0.6) is 0 Å². The van der Waals surface area contributed by atoms with Crippen LogP contribution in [0, 0.1) is 0 Å². The van der Waals surface area contributed by atoms with E-state index in [2.05, 4.69) is 10.3 Å². The number of nitrogens with zero attached hydrogens (tertiary/aromatic N) is 2. The molecule has 6 nitrogen and oxygen atoms in total. The number of fused-ring (bicyclic) bond motifs is 1. The fraction of sp³-hybridized carbons (Fsp3) is 0.0400. The summed E-state index contributed by atoms with van der Waals surface area (Å²) in [6, 6.07) is 20.9. The minimum Gasteiger partial charge on any atom is -0.298 e. The summed E-state index contributed by atoms with van der Waals surface area (Å²) < 4.78 is 0. The summed E-state index contributed by atoms with van der Waals surface area (Å²) in [6.45, 7) is 0.00380. The van der Waals surface area contributed by atoms with E-state index in [-0.39, 0.29) is 24.3 Å². The SMILES string of the molecule is O=C(Nc1nc(-c2ccc(Cl)cc2)cs1)c1ccccc1CN1C(=O)c2ccccc2C1=O. The highest BCUT2D eigenvalue weighted by molar-refractivity contribution is 7.14. The van der Waals surface area contributed by atoms with Crippen molar-refractivity contribution < 1.29 is 14.4 Å². The number of hydrogen-bond donors (Lipinski definition) is 1. The Hall–Kier alpha value is -3.81. The third-order valence-corrected chi connectivity index (χ3v) is 6.34. The summed E-state index contributed by atoms with van der Waals surface area (Å²) in [6.07, 6.45) is 0. The second-order valence-electron chi connectivity index (χ2n) is 7.40. The molecule has 3 amide bonds. The molecule has 4 aromatic rings. The van der Waals surface area contributed by atoms with Crippen molar-refractivity contribution in [1.29, 1.82) is 0 Å². The van der Waals surface area contributed by atoms with Crippen molar-refractivity contribution in [3.63, 3.8) is 0 Å². The zero-order valence-corrected chi connectivity index (χ0v) is 18.7. The summed E-state index contributed by atoms with van der Waals surface area (Å²) in [5.41, 5.74) is 3.31. The molecule has 0 aliphatic carbocycles. The van der Waals surface area contributed by atoms with Crippen LogP contribution in [0.4, 0.5) is 5.13 Å². The van der Waals surface area contributed by atoms with Crippen LogP contribution in [-0.2, 0) is 6.54 Å². The predicted octanol–water partition coefficient (Wildman–Crippen LogP) is 5.51. The Morgan fingerprint density at radius 1 is 0.909 bits per heavy atom. The van der Waals surface area contributed by atoms with Crippen molar-refractivity contribution in [2.45, 2.75) is 6.54 Å². The fourth-order valence-electron chi connectivity index (χ4n) is 3.68. The highest BCUT2D eigenvalue weighted by Crippen LogP contribution is 2.28. The normalized spacial score (nSPS) is 12.7. The van der Waals surface area contributed by atoms with Gasteiger partial charge in [-0.3, -0.25) is 24.6 Å². The molecule has 0 saturated carbocycles. The number of imide groups is 1. The lowest BCUT2D eigenvalue weighted by Gasteiger charge is -2.16. The Labute approximate surface area is 198 Å². The van der Waals surface area contributed by atoms with Crippen molar-refractivity contribution in [3.05, 3.63) is 105 Å². The smallest absolute Gasteiger partial charge is 0.261 e. The topological polar surface area (TPSA) is 79.4 Å². The van der Waals surface area contributed by atoms with Crippen LogP contribution in [0.15, 0.2) is 78.2 Å². The Bertz CT molecular complexity index is 1360. The summed E-state index contributed by atoms with van der Waals surface area (Å²) >= 11 is 7.25. The summed E-state index contributed by atoms with van der Waals surface area (Å²) in [7, 11) is 0. The largest absolute Gasteiger partial charge is 0.298 e. The van der Waals surface area contributed by atoms with Crippen LogP contribution in [0.3, 0.4) is 0 Å². The Kier molecular flexibility index (Phi) is 5.50. The van der Waals surface area contributed by atoms with Crippen molar-refractivity contribution in [1.82, 2.24) is 9.88 Å². The van der Waals surface area contributed by atoms with E-state index in [1.165, 1.54) is 16.2 Å². The van der Waals surface area contributed by atoms with Crippen LogP contribution in [0.25, 0.3) is 11.3 Å². The lowest BCUT2D eigenvalue weighted by Crippen LogP contribution is -2.30. The summed E-state index contributed by atoms with van der Waals surface area (Å²) in [5, 5.41) is 5.75. The van der Waals surface area contributed by atoms with Gasteiger partial charge in [-0.2, -0.15) is 0 Å². The van der Waals surface area contributed by atoms with E-state index in [1.807, 2.05) is 17.5 Å². The zero-order valence-electron chi connectivity index (χ0n) is 17.1. The molecule has 0 atom stereocenters.